The molecule has 170 valence electrons. The Balaban J connectivity index is 1.78. The summed E-state index contributed by atoms with van der Waals surface area (Å²) in [6, 6.07) is 7.67. The van der Waals surface area contributed by atoms with E-state index in [1.807, 2.05) is 59.0 Å². The van der Waals surface area contributed by atoms with E-state index in [1.165, 1.54) is 0 Å². The molecule has 1 heterocycles. The van der Waals surface area contributed by atoms with Crippen LogP contribution in [-0.4, -0.2) is 53.4 Å². The van der Waals surface area contributed by atoms with Crippen LogP contribution < -0.4 is 4.74 Å². The SMILES string of the molecule is C[C@@H](Cc1cccc(OCCCC(=O)ON2C(=O)CCC2=O)c1)N(C)C(=O)C(C)(C)C. The van der Waals surface area contributed by atoms with Gasteiger partial charge in [-0.2, -0.15) is 0 Å². The number of ether oxygens (including phenoxy) is 1. The van der Waals surface area contributed by atoms with Crippen molar-refractivity contribution in [1.29, 1.82) is 0 Å². The lowest BCUT2D eigenvalue weighted by Gasteiger charge is -2.31. The first kappa shape index (κ1) is 24.4. The quantitative estimate of drug-likeness (QED) is 0.440. The third-order valence-electron chi connectivity index (χ3n) is 5.05. The van der Waals surface area contributed by atoms with Crippen LogP contribution in [0.2, 0.25) is 0 Å². The van der Waals surface area contributed by atoms with Crippen LogP contribution in [0.15, 0.2) is 24.3 Å². The summed E-state index contributed by atoms with van der Waals surface area (Å²) in [6.45, 7) is 8.02. The van der Waals surface area contributed by atoms with Crippen molar-refractivity contribution >= 4 is 23.7 Å². The molecule has 31 heavy (non-hydrogen) atoms. The molecule has 1 aromatic rings. The predicted octanol–water partition coefficient (Wildman–Crippen LogP) is 2.89. The lowest BCUT2D eigenvalue weighted by atomic mass is 9.93. The highest BCUT2D eigenvalue weighted by Crippen LogP contribution is 2.21. The van der Waals surface area contributed by atoms with Crippen molar-refractivity contribution in [2.24, 2.45) is 5.41 Å². The average molecular weight is 433 g/mol. The van der Waals surface area contributed by atoms with E-state index < -0.39 is 23.2 Å². The van der Waals surface area contributed by atoms with Crippen molar-refractivity contribution in [2.45, 2.75) is 65.8 Å². The Morgan fingerprint density at radius 2 is 1.81 bits per heavy atom. The molecule has 0 N–H and O–H groups in total. The molecule has 0 aromatic heterocycles. The van der Waals surface area contributed by atoms with Gasteiger partial charge in [-0.05, 0) is 37.5 Å². The van der Waals surface area contributed by atoms with Gasteiger partial charge in [-0.3, -0.25) is 14.4 Å². The largest absolute Gasteiger partial charge is 0.494 e. The van der Waals surface area contributed by atoms with Crippen molar-refractivity contribution in [3.05, 3.63) is 29.8 Å². The minimum absolute atomic E-state index is 0.0350. The van der Waals surface area contributed by atoms with Gasteiger partial charge in [-0.1, -0.05) is 32.9 Å². The second-order valence-electron chi connectivity index (χ2n) is 8.86. The van der Waals surface area contributed by atoms with Gasteiger partial charge in [0.15, 0.2) is 0 Å². The number of benzene rings is 1. The highest BCUT2D eigenvalue weighted by atomic mass is 16.7. The van der Waals surface area contributed by atoms with E-state index in [9.17, 15) is 19.2 Å². The second-order valence-corrected chi connectivity index (χ2v) is 8.86. The van der Waals surface area contributed by atoms with Gasteiger partial charge in [0.05, 0.1) is 13.0 Å². The molecule has 3 amide bonds. The zero-order valence-electron chi connectivity index (χ0n) is 19.0. The fourth-order valence-corrected chi connectivity index (χ4v) is 3.18. The van der Waals surface area contributed by atoms with Crippen molar-refractivity contribution in [2.75, 3.05) is 13.7 Å². The molecule has 1 aliphatic heterocycles. The number of hydrogen-bond acceptors (Lipinski definition) is 6. The van der Waals surface area contributed by atoms with Crippen LogP contribution in [-0.2, 0) is 30.4 Å². The Labute approximate surface area is 183 Å². The van der Waals surface area contributed by atoms with Gasteiger partial charge < -0.3 is 14.5 Å². The molecule has 1 fully saturated rings. The van der Waals surface area contributed by atoms with Crippen LogP contribution in [0, 0.1) is 5.41 Å². The molecule has 8 nitrogen and oxygen atoms in total. The molecular formula is C23H32N2O6. The normalized spacial score (nSPS) is 15.1. The lowest BCUT2D eigenvalue weighted by molar-refractivity contribution is -0.197. The summed E-state index contributed by atoms with van der Waals surface area (Å²) in [6.07, 6.45) is 1.26. The molecule has 0 bridgehead atoms. The number of carbonyl (C=O) groups excluding carboxylic acids is 4. The Morgan fingerprint density at radius 1 is 1.16 bits per heavy atom. The van der Waals surface area contributed by atoms with E-state index in [4.69, 9.17) is 9.57 Å². The van der Waals surface area contributed by atoms with Crippen LogP contribution in [0.5, 0.6) is 5.75 Å². The van der Waals surface area contributed by atoms with Gasteiger partial charge in [0.25, 0.3) is 11.8 Å². The summed E-state index contributed by atoms with van der Waals surface area (Å²) in [5, 5.41) is 0.551. The summed E-state index contributed by atoms with van der Waals surface area (Å²) < 4.78 is 5.72. The zero-order valence-corrected chi connectivity index (χ0v) is 19.0. The molecule has 2 rings (SSSR count). The van der Waals surface area contributed by atoms with E-state index >= 15 is 0 Å². The summed E-state index contributed by atoms with van der Waals surface area (Å²) >= 11 is 0. The number of imide groups is 1. The fraction of sp³-hybridized carbons (Fsp3) is 0.565. The molecular weight excluding hydrogens is 400 g/mol. The van der Waals surface area contributed by atoms with Crippen molar-refractivity contribution in [3.63, 3.8) is 0 Å². The first-order valence-corrected chi connectivity index (χ1v) is 10.5. The number of amides is 3. The van der Waals surface area contributed by atoms with Crippen LogP contribution in [0.3, 0.4) is 0 Å². The Hall–Kier alpha value is -2.90. The number of hydroxylamine groups is 2. The zero-order chi connectivity index (χ0) is 23.2. The molecule has 1 atom stereocenters. The summed E-state index contributed by atoms with van der Waals surface area (Å²) in [7, 11) is 1.82. The van der Waals surface area contributed by atoms with Gasteiger partial charge in [0, 0.05) is 31.3 Å². The standard InChI is InChI=1S/C23H32N2O6/c1-16(24(5)22(29)23(2,3)4)14-17-8-6-9-18(15-17)30-13-7-10-21(28)31-25-19(26)11-12-20(25)27/h6,8-9,15-16H,7,10-14H2,1-5H3/t16-/m0/s1. The Bertz CT molecular complexity index is 814. The summed E-state index contributed by atoms with van der Waals surface area (Å²) in [5.41, 5.74) is 0.619. The predicted molar refractivity (Wildman–Crippen MR) is 114 cm³/mol. The second kappa shape index (κ2) is 10.4. The van der Waals surface area contributed by atoms with Crippen LogP contribution in [0.25, 0.3) is 0 Å². The Morgan fingerprint density at radius 3 is 2.42 bits per heavy atom. The van der Waals surface area contributed by atoms with Crippen molar-refractivity contribution in [1.82, 2.24) is 9.96 Å². The third kappa shape index (κ3) is 7.08. The highest BCUT2D eigenvalue weighted by Gasteiger charge is 2.32. The molecule has 0 spiro atoms. The lowest BCUT2D eigenvalue weighted by Crippen LogP contribution is -2.42. The van der Waals surface area contributed by atoms with Gasteiger partial charge in [-0.15, -0.1) is 5.06 Å². The molecule has 1 aliphatic rings. The topological polar surface area (TPSA) is 93.2 Å². The van der Waals surface area contributed by atoms with E-state index in [2.05, 4.69) is 0 Å². The number of nitrogens with zero attached hydrogens (tertiary/aromatic N) is 2. The minimum atomic E-state index is -0.638. The maximum Gasteiger partial charge on any atom is 0.333 e. The number of hydrogen-bond donors (Lipinski definition) is 0. The maximum absolute atomic E-state index is 12.5. The molecule has 8 heteroatoms. The summed E-state index contributed by atoms with van der Waals surface area (Å²) in [4.78, 5) is 53.8. The average Bonchev–Trinajstić information content (AvgIpc) is 3.01. The molecule has 0 unspecified atom stereocenters. The van der Waals surface area contributed by atoms with Crippen LogP contribution in [0.4, 0.5) is 0 Å². The van der Waals surface area contributed by atoms with Gasteiger partial charge in [0.1, 0.15) is 5.75 Å². The van der Waals surface area contributed by atoms with E-state index in [-0.39, 0.29) is 31.2 Å². The monoisotopic (exact) mass is 432 g/mol. The smallest absolute Gasteiger partial charge is 0.333 e. The minimum Gasteiger partial charge on any atom is -0.494 e. The fourth-order valence-electron chi connectivity index (χ4n) is 3.18. The third-order valence-corrected chi connectivity index (χ3v) is 5.05. The first-order valence-electron chi connectivity index (χ1n) is 10.5. The number of likely N-dealkylation sites (N-methyl/N-ethyl adjacent to an activating group) is 1. The van der Waals surface area contributed by atoms with Gasteiger partial charge in [-0.25, -0.2) is 4.79 Å². The number of rotatable bonds is 9. The van der Waals surface area contributed by atoms with Gasteiger partial charge in [0.2, 0.25) is 5.91 Å². The Kier molecular flexibility index (Phi) is 8.19. The molecule has 0 aliphatic carbocycles. The van der Waals surface area contributed by atoms with E-state index in [1.54, 1.807) is 4.90 Å². The number of carbonyl (C=O) groups is 4. The van der Waals surface area contributed by atoms with E-state index in [0.29, 0.717) is 30.3 Å². The summed E-state index contributed by atoms with van der Waals surface area (Å²) in [5.74, 6) is -0.850. The maximum atomic E-state index is 12.5. The van der Waals surface area contributed by atoms with Crippen molar-refractivity contribution < 1.29 is 28.8 Å². The van der Waals surface area contributed by atoms with Gasteiger partial charge >= 0.3 is 5.97 Å². The van der Waals surface area contributed by atoms with Crippen molar-refractivity contribution in [3.8, 4) is 5.75 Å². The highest BCUT2D eigenvalue weighted by molar-refractivity contribution is 6.01. The molecule has 1 saturated heterocycles. The van der Waals surface area contributed by atoms with E-state index in [0.717, 1.165) is 5.56 Å². The molecule has 0 saturated carbocycles. The van der Waals surface area contributed by atoms with Crippen LogP contribution in [0.1, 0.15) is 58.9 Å². The van der Waals surface area contributed by atoms with Crippen LogP contribution >= 0.6 is 0 Å². The molecule has 1 aromatic carbocycles. The molecule has 0 radical (unpaired) electrons. The first-order chi connectivity index (χ1) is 14.5.